The van der Waals surface area contributed by atoms with E-state index in [1.165, 1.54) is 11.6 Å². The monoisotopic (exact) mass is 326 g/mol. The number of alkyl halides is 1. The van der Waals surface area contributed by atoms with E-state index in [0.29, 0.717) is 6.61 Å². The molecule has 1 rings (SSSR count). The Bertz CT molecular complexity index is 441. The van der Waals surface area contributed by atoms with E-state index < -0.39 is 0 Å². The van der Waals surface area contributed by atoms with E-state index in [2.05, 4.69) is 15.9 Å². The quantitative estimate of drug-likeness (QED) is 0.436. The fourth-order valence-electron chi connectivity index (χ4n) is 1.68. The molecule has 1 aromatic carbocycles. The summed E-state index contributed by atoms with van der Waals surface area (Å²) in [6.45, 7) is 2.17. The predicted octanol–water partition coefficient (Wildman–Crippen LogP) is 3.60. The maximum Gasteiger partial charge on any atom is 0.330 e. The van der Waals surface area contributed by atoms with E-state index in [9.17, 15) is 4.79 Å². The highest BCUT2D eigenvalue weighted by molar-refractivity contribution is 9.09. The van der Waals surface area contributed by atoms with Gasteiger partial charge in [0.05, 0.1) is 13.7 Å². The van der Waals surface area contributed by atoms with Crippen LogP contribution in [0, 0.1) is 0 Å². The van der Waals surface area contributed by atoms with Crippen molar-refractivity contribution in [2.24, 2.45) is 0 Å². The zero-order valence-corrected chi connectivity index (χ0v) is 12.9. The van der Waals surface area contributed by atoms with E-state index >= 15 is 0 Å². The van der Waals surface area contributed by atoms with Crippen LogP contribution in [0.4, 0.5) is 0 Å². The van der Waals surface area contributed by atoms with Crippen LogP contribution in [0.5, 0.6) is 5.75 Å². The summed E-state index contributed by atoms with van der Waals surface area (Å²) in [5.74, 6) is 0.525. The Morgan fingerprint density at radius 1 is 1.42 bits per heavy atom. The number of rotatable bonds is 7. The van der Waals surface area contributed by atoms with E-state index in [1.54, 1.807) is 20.1 Å². The summed E-state index contributed by atoms with van der Waals surface area (Å²) in [6.07, 6.45) is 5.19. The van der Waals surface area contributed by atoms with Crippen molar-refractivity contribution < 1.29 is 14.3 Å². The highest BCUT2D eigenvalue weighted by atomic mass is 79.9. The van der Waals surface area contributed by atoms with Crippen molar-refractivity contribution >= 4 is 28.0 Å². The van der Waals surface area contributed by atoms with E-state index in [0.717, 1.165) is 29.5 Å². The molecular weight excluding hydrogens is 308 g/mol. The lowest BCUT2D eigenvalue weighted by Crippen LogP contribution is -1.98. The molecule has 0 amide bonds. The number of halogens is 1. The molecule has 0 atom stereocenters. The number of carbonyl (C=O) groups is 1. The molecule has 0 unspecified atom stereocenters. The van der Waals surface area contributed by atoms with Crippen molar-refractivity contribution in [3.05, 3.63) is 35.4 Å². The van der Waals surface area contributed by atoms with Gasteiger partial charge in [0.1, 0.15) is 5.75 Å². The third kappa shape index (κ3) is 5.47. The molecule has 0 aromatic heterocycles. The lowest BCUT2D eigenvalue weighted by molar-refractivity contribution is -0.137. The lowest BCUT2D eigenvalue weighted by atomic mass is 10.1. The number of benzene rings is 1. The molecule has 0 radical (unpaired) electrons. The molecule has 4 heteroatoms. The van der Waals surface area contributed by atoms with Crippen molar-refractivity contribution in [3.63, 3.8) is 0 Å². The zero-order chi connectivity index (χ0) is 14.1. The molecule has 19 heavy (non-hydrogen) atoms. The first-order chi connectivity index (χ1) is 9.21. The molecule has 0 aliphatic rings. The third-order valence-corrected chi connectivity index (χ3v) is 3.15. The van der Waals surface area contributed by atoms with Gasteiger partial charge >= 0.3 is 5.97 Å². The molecule has 104 valence electrons. The molecule has 3 nitrogen and oxygen atoms in total. The van der Waals surface area contributed by atoms with Gasteiger partial charge in [0.2, 0.25) is 0 Å². The number of hydrogen-bond acceptors (Lipinski definition) is 3. The lowest BCUT2D eigenvalue weighted by Gasteiger charge is -2.08. The van der Waals surface area contributed by atoms with E-state index in [1.807, 2.05) is 18.2 Å². The largest absolute Gasteiger partial charge is 0.496 e. The molecule has 0 aliphatic carbocycles. The van der Waals surface area contributed by atoms with Gasteiger partial charge in [-0.25, -0.2) is 4.79 Å². The standard InChI is InChI=1S/C15H19BrO3/c1-3-19-15(17)9-7-12-6-8-13(5-4-10-16)14(11-12)18-2/h6-9,11H,3-5,10H2,1-2H3/b9-7+. The third-order valence-electron chi connectivity index (χ3n) is 2.59. The number of carbonyl (C=O) groups excluding carboxylic acids is 1. The summed E-state index contributed by atoms with van der Waals surface area (Å²) >= 11 is 3.42. The van der Waals surface area contributed by atoms with Crippen LogP contribution in [0.2, 0.25) is 0 Å². The van der Waals surface area contributed by atoms with E-state index in [-0.39, 0.29) is 5.97 Å². The SMILES string of the molecule is CCOC(=O)/C=C/c1ccc(CCCBr)c(OC)c1. The van der Waals surface area contributed by atoms with Crippen LogP contribution in [-0.4, -0.2) is 25.0 Å². The van der Waals surface area contributed by atoms with Gasteiger partial charge in [-0.05, 0) is 43.0 Å². The van der Waals surface area contributed by atoms with Gasteiger partial charge in [0.25, 0.3) is 0 Å². The summed E-state index contributed by atoms with van der Waals surface area (Å²) in [5, 5.41) is 0.973. The minimum absolute atomic E-state index is 0.329. The molecule has 0 aliphatic heterocycles. The molecule has 1 aromatic rings. The Balaban J connectivity index is 2.78. The average molecular weight is 327 g/mol. The molecule has 0 bridgehead atoms. The van der Waals surface area contributed by atoms with E-state index in [4.69, 9.17) is 9.47 Å². The molecule has 0 fully saturated rings. The molecule has 0 spiro atoms. The minimum atomic E-state index is -0.329. The summed E-state index contributed by atoms with van der Waals surface area (Å²) in [5.41, 5.74) is 2.10. The molecule has 0 saturated carbocycles. The van der Waals surface area contributed by atoms with Crippen molar-refractivity contribution in [2.45, 2.75) is 19.8 Å². The first-order valence-electron chi connectivity index (χ1n) is 6.29. The maximum absolute atomic E-state index is 11.2. The molecular formula is C15H19BrO3. The number of aryl methyl sites for hydroxylation is 1. The molecule has 0 N–H and O–H groups in total. The van der Waals surface area contributed by atoms with Crippen molar-refractivity contribution in [1.29, 1.82) is 0 Å². The second-order valence-electron chi connectivity index (χ2n) is 3.95. The van der Waals surface area contributed by atoms with Crippen LogP contribution < -0.4 is 4.74 Å². The van der Waals surface area contributed by atoms with Crippen molar-refractivity contribution in [2.75, 3.05) is 19.0 Å². The number of ether oxygens (including phenoxy) is 2. The summed E-state index contributed by atoms with van der Waals surface area (Å²) < 4.78 is 10.2. The first-order valence-corrected chi connectivity index (χ1v) is 7.41. The van der Waals surface area contributed by atoms with Crippen LogP contribution >= 0.6 is 15.9 Å². The Labute approximate surface area is 122 Å². The van der Waals surface area contributed by atoms with Crippen LogP contribution in [0.15, 0.2) is 24.3 Å². The van der Waals surface area contributed by atoms with Gasteiger partial charge in [-0.1, -0.05) is 28.1 Å². The number of methoxy groups -OCH3 is 1. The predicted molar refractivity (Wildman–Crippen MR) is 80.8 cm³/mol. The Kier molecular flexibility index (Phi) is 7.26. The number of hydrogen-bond donors (Lipinski definition) is 0. The van der Waals surface area contributed by atoms with Gasteiger partial charge < -0.3 is 9.47 Å². The highest BCUT2D eigenvalue weighted by Crippen LogP contribution is 2.22. The minimum Gasteiger partial charge on any atom is -0.496 e. The average Bonchev–Trinajstić information content (AvgIpc) is 2.43. The van der Waals surface area contributed by atoms with Crippen LogP contribution in [0.1, 0.15) is 24.5 Å². The summed E-state index contributed by atoms with van der Waals surface area (Å²) in [4.78, 5) is 11.2. The smallest absolute Gasteiger partial charge is 0.330 e. The van der Waals surface area contributed by atoms with Crippen LogP contribution in [0.3, 0.4) is 0 Å². The topological polar surface area (TPSA) is 35.5 Å². The Hall–Kier alpha value is -1.29. The first kappa shape index (κ1) is 15.8. The molecule has 0 heterocycles. The zero-order valence-electron chi connectivity index (χ0n) is 11.3. The van der Waals surface area contributed by atoms with Gasteiger partial charge in [-0.15, -0.1) is 0 Å². The number of esters is 1. The van der Waals surface area contributed by atoms with Crippen molar-refractivity contribution in [1.82, 2.24) is 0 Å². The van der Waals surface area contributed by atoms with Gasteiger partial charge in [-0.3, -0.25) is 0 Å². The fraction of sp³-hybridized carbons (Fsp3) is 0.400. The fourth-order valence-corrected chi connectivity index (χ4v) is 1.96. The second kappa shape index (κ2) is 8.75. The summed E-state index contributed by atoms with van der Waals surface area (Å²) in [6, 6.07) is 5.94. The van der Waals surface area contributed by atoms with Crippen molar-refractivity contribution in [3.8, 4) is 5.75 Å². The molecule has 0 saturated heterocycles. The van der Waals surface area contributed by atoms with Crippen LogP contribution in [0.25, 0.3) is 6.08 Å². The maximum atomic E-state index is 11.2. The Morgan fingerprint density at radius 3 is 2.84 bits per heavy atom. The second-order valence-corrected chi connectivity index (χ2v) is 4.74. The van der Waals surface area contributed by atoms with Gasteiger partial charge in [0.15, 0.2) is 0 Å². The summed E-state index contributed by atoms with van der Waals surface area (Å²) in [7, 11) is 1.66. The van der Waals surface area contributed by atoms with Gasteiger partial charge in [0, 0.05) is 11.4 Å². The Morgan fingerprint density at radius 2 is 2.21 bits per heavy atom. The van der Waals surface area contributed by atoms with Crippen LogP contribution in [-0.2, 0) is 16.0 Å². The van der Waals surface area contributed by atoms with Gasteiger partial charge in [-0.2, -0.15) is 0 Å². The highest BCUT2D eigenvalue weighted by Gasteiger charge is 2.03. The normalized spacial score (nSPS) is 10.7.